The van der Waals surface area contributed by atoms with Crippen LogP contribution in [-0.2, 0) is 19.1 Å². The number of hydrogen-bond donors (Lipinski definition) is 2. The van der Waals surface area contributed by atoms with Crippen molar-refractivity contribution in [3.05, 3.63) is 72.9 Å². The Bertz CT molecular complexity index is 651. The summed E-state index contributed by atoms with van der Waals surface area (Å²) < 4.78 is 4.11. The molecule has 6 nitrogen and oxygen atoms in total. The van der Waals surface area contributed by atoms with Crippen LogP contribution in [-0.4, -0.2) is 35.2 Å². The van der Waals surface area contributed by atoms with Crippen LogP contribution in [0.2, 0.25) is 0 Å². The molecule has 0 rings (SSSR count). The maximum atomic E-state index is 10.3. The molecule has 0 atom stereocenters. The molecule has 0 radical (unpaired) electrons. The van der Waals surface area contributed by atoms with Crippen LogP contribution < -0.4 is 0 Å². The van der Waals surface area contributed by atoms with Crippen LogP contribution >= 0.6 is 0 Å². The Hall–Kier alpha value is -3.15. The van der Waals surface area contributed by atoms with Gasteiger partial charge in [-0.3, -0.25) is 4.79 Å². The third-order valence-electron chi connectivity index (χ3n) is 3.48. The predicted molar refractivity (Wildman–Crippen MR) is 125 cm³/mol. The number of rotatable bonds is 15. The van der Waals surface area contributed by atoms with Crippen molar-refractivity contribution in [3.63, 3.8) is 0 Å². The Morgan fingerprint density at radius 3 is 1.55 bits per heavy atom. The molecule has 0 saturated heterocycles. The van der Waals surface area contributed by atoms with Gasteiger partial charge in [-0.25, -0.2) is 9.59 Å². The van der Waals surface area contributed by atoms with E-state index in [4.69, 9.17) is 10.2 Å². The van der Waals surface area contributed by atoms with Gasteiger partial charge < -0.3 is 14.9 Å². The minimum Gasteiger partial charge on any atom is -0.481 e. The number of carbonyl (C=O) groups excluding carboxylic acids is 1. The van der Waals surface area contributed by atoms with E-state index in [0.29, 0.717) is 6.08 Å². The maximum Gasteiger partial charge on any atom is 0.330 e. The van der Waals surface area contributed by atoms with E-state index in [1.54, 1.807) is 0 Å². The van der Waals surface area contributed by atoms with Crippen molar-refractivity contribution < 1.29 is 29.3 Å². The van der Waals surface area contributed by atoms with Crippen LogP contribution in [0.3, 0.4) is 0 Å². The molecular weight excluding hydrogens is 396 g/mol. The van der Waals surface area contributed by atoms with Gasteiger partial charge in [0, 0.05) is 18.6 Å². The molecule has 0 aliphatic rings. The highest BCUT2D eigenvalue weighted by Gasteiger charge is 1.93. The van der Waals surface area contributed by atoms with Gasteiger partial charge in [-0.05, 0) is 44.9 Å². The summed E-state index contributed by atoms with van der Waals surface area (Å²) in [6, 6.07) is 0. The van der Waals surface area contributed by atoms with Gasteiger partial charge in [-0.1, -0.05) is 67.7 Å². The van der Waals surface area contributed by atoms with E-state index in [2.05, 4.69) is 72.4 Å². The first-order chi connectivity index (χ1) is 14.9. The predicted octanol–water partition coefficient (Wildman–Crippen LogP) is 5.79. The first-order valence-electron chi connectivity index (χ1n) is 10.4. The first kappa shape index (κ1) is 30.0. The Balaban J connectivity index is 0. The van der Waals surface area contributed by atoms with E-state index in [1.807, 2.05) is 0 Å². The van der Waals surface area contributed by atoms with E-state index in [9.17, 15) is 14.4 Å². The molecule has 0 saturated carbocycles. The van der Waals surface area contributed by atoms with E-state index in [0.717, 1.165) is 51.0 Å². The van der Waals surface area contributed by atoms with Crippen LogP contribution in [0.5, 0.6) is 0 Å². The van der Waals surface area contributed by atoms with Gasteiger partial charge in [0.05, 0.1) is 7.11 Å². The van der Waals surface area contributed by atoms with Crippen molar-refractivity contribution >= 4 is 17.9 Å². The van der Waals surface area contributed by atoms with Gasteiger partial charge in [-0.2, -0.15) is 0 Å². The lowest BCUT2D eigenvalue weighted by molar-refractivity contribution is -0.137. The Morgan fingerprint density at radius 1 is 0.710 bits per heavy atom. The molecule has 0 aromatic carbocycles. The van der Waals surface area contributed by atoms with E-state index in [-0.39, 0.29) is 6.42 Å². The topological polar surface area (TPSA) is 101 Å². The minimum absolute atomic E-state index is 0.258. The molecule has 2 N–H and O–H groups in total. The normalized spacial score (nSPS) is 11.8. The lowest BCUT2D eigenvalue weighted by Crippen LogP contribution is -1.96. The number of aliphatic carboxylic acids is 2. The standard InChI is InChI=1S/C20H30O2.C5H6O4/c1-2-3-4-5-6-7-8-9-10-11-12-13-14-15-16-17-18-19-20(21)22;1-9-5(8)3-2-4(6)7/h3-4,6-7,9-10,12-13,15-16H,2,5,8,11,14,17-19H2,1H3,(H,21,22);2-3H,1H3,(H,6,7)/b4-3-,7-6-,10-9-,13-12-,16-15-;3-2+. The highest BCUT2D eigenvalue weighted by molar-refractivity contribution is 5.90. The fraction of sp³-hybridized carbons (Fsp3) is 0.400. The summed E-state index contributed by atoms with van der Waals surface area (Å²) in [6.07, 6.45) is 30.0. The number of ether oxygens (including phenoxy) is 1. The van der Waals surface area contributed by atoms with Crippen LogP contribution in [0.4, 0.5) is 0 Å². The minimum atomic E-state index is -1.17. The lowest BCUT2D eigenvalue weighted by Gasteiger charge is -1.89. The van der Waals surface area contributed by atoms with Gasteiger partial charge >= 0.3 is 17.9 Å². The highest BCUT2D eigenvalue weighted by Crippen LogP contribution is 1.99. The molecule has 0 fully saturated rings. The number of carbonyl (C=O) groups is 3. The van der Waals surface area contributed by atoms with Crippen LogP contribution in [0.15, 0.2) is 72.9 Å². The molecule has 0 bridgehead atoms. The Morgan fingerprint density at radius 2 is 1.16 bits per heavy atom. The average Bonchev–Trinajstić information content (AvgIpc) is 2.74. The zero-order valence-corrected chi connectivity index (χ0v) is 18.6. The molecule has 0 aromatic rings. The maximum absolute atomic E-state index is 10.3. The molecule has 0 spiro atoms. The largest absolute Gasteiger partial charge is 0.481 e. The molecule has 6 heteroatoms. The number of allylic oxidation sites excluding steroid dienone is 10. The van der Waals surface area contributed by atoms with Gasteiger partial charge in [0.25, 0.3) is 0 Å². The summed E-state index contributed by atoms with van der Waals surface area (Å²) in [4.78, 5) is 30.2. The van der Waals surface area contributed by atoms with Gasteiger partial charge in [-0.15, -0.1) is 0 Å². The molecule has 31 heavy (non-hydrogen) atoms. The summed E-state index contributed by atoms with van der Waals surface area (Å²) in [7, 11) is 1.18. The molecule has 0 unspecified atom stereocenters. The van der Waals surface area contributed by atoms with Crippen molar-refractivity contribution in [2.75, 3.05) is 7.11 Å². The van der Waals surface area contributed by atoms with Crippen molar-refractivity contribution in [3.8, 4) is 0 Å². The average molecular weight is 433 g/mol. The first-order valence-corrected chi connectivity index (χ1v) is 10.4. The third kappa shape index (κ3) is 31.8. The molecule has 0 aromatic heterocycles. The summed E-state index contributed by atoms with van der Waals surface area (Å²) in [5, 5.41) is 16.5. The van der Waals surface area contributed by atoms with E-state index >= 15 is 0 Å². The van der Waals surface area contributed by atoms with Gasteiger partial charge in [0.1, 0.15) is 0 Å². The number of hydrogen-bond acceptors (Lipinski definition) is 4. The summed E-state index contributed by atoms with van der Waals surface area (Å²) in [5.41, 5.74) is 0. The third-order valence-corrected chi connectivity index (χ3v) is 3.48. The fourth-order valence-corrected chi connectivity index (χ4v) is 1.95. The van der Waals surface area contributed by atoms with Crippen molar-refractivity contribution in [1.29, 1.82) is 0 Å². The Labute approximate surface area is 186 Å². The zero-order chi connectivity index (χ0) is 23.6. The van der Waals surface area contributed by atoms with E-state index < -0.39 is 17.9 Å². The Kier molecular flexibility index (Phi) is 24.1. The second kappa shape index (κ2) is 24.9. The van der Waals surface area contributed by atoms with E-state index in [1.165, 1.54) is 7.11 Å². The highest BCUT2D eigenvalue weighted by atomic mass is 16.5. The monoisotopic (exact) mass is 432 g/mol. The second-order valence-corrected chi connectivity index (χ2v) is 6.19. The number of carboxylic acid groups (broad SMARTS) is 2. The molecule has 0 heterocycles. The molecule has 0 aliphatic carbocycles. The van der Waals surface area contributed by atoms with Gasteiger partial charge in [0.2, 0.25) is 0 Å². The summed E-state index contributed by atoms with van der Waals surface area (Å²) in [5.74, 6) is -2.55. The quantitative estimate of drug-likeness (QED) is 0.147. The SMILES string of the molecule is CC/C=C\C/C=C\C/C=C\C/C=C\C/C=C\CCCC(=O)O.COC(=O)/C=C/C(=O)O. The number of carboxylic acids is 2. The lowest BCUT2D eigenvalue weighted by atomic mass is 10.2. The van der Waals surface area contributed by atoms with Crippen LogP contribution in [0.25, 0.3) is 0 Å². The summed E-state index contributed by atoms with van der Waals surface area (Å²) in [6.45, 7) is 2.14. The number of esters is 1. The second-order valence-electron chi connectivity index (χ2n) is 6.19. The van der Waals surface area contributed by atoms with Crippen molar-refractivity contribution in [2.24, 2.45) is 0 Å². The van der Waals surface area contributed by atoms with Gasteiger partial charge in [0.15, 0.2) is 0 Å². The van der Waals surface area contributed by atoms with Crippen LogP contribution in [0.1, 0.15) is 58.3 Å². The number of unbranched alkanes of at least 4 members (excludes halogenated alkanes) is 1. The van der Waals surface area contributed by atoms with Crippen LogP contribution in [0, 0.1) is 0 Å². The molecular formula is C25H36O6. The fourth-order valence-electron chi connectivity index (χ4n) is 1.95. The smallest absolute Gasteiger partial charge is 0.330 e. The summed E-state index contributed by atoms with van der Waals surface area (Å²) >= 11 is 0. The van der Waals surface area contributed by atoms with Crippen molar-refractivity contribution in [1.82, 2.24) is 0 Å². The molecule has 172 valence electrons. The zero-order valence-electron chi connectivity index (χ0n) is 18.6. The molecule has 0 amide bonds. The number of methoxy groups -OCH3 is 1. The molecule has 0 aliphatic heterocycles. The van der Waals surface area contributed by atoms with Crippen molar-refractivity contribution in [2.45, 2.75) is 58.3 Å².